The summed E-state index contributed by atoms with van der Waals surface area (Å²) < 4.78 is 0.567. The SMILES string of the molecule is O=C(NCCCC1CC1)c1cc([N+](=O)[O-])ccc1Br. The molecule has 1 aliphatic carbocycles. The van der Waals surface area contributed by atoms with Gasteiger partial charge in [-0.3, -0.25) is 14.9 Å². The maximum atomic E-state index is 11.9. The summed E-state index contributed by atoms with van der Waals surface area (Å²) in [4.78, 5) is 22.1. The van der Waals surface area contributed by atoms with Crippen molar-refractivity contribution < 1.29 is 9.72 Å². The van der Waals surface area contributed by atoms with E-state index in [-0.39, 0.29) is 11.6 Å². The van der Waals surface area contributed by atoms with Crippen LogP contribution in [0.4, 0.5) is 5.69 Å². The Balaban J connectivity index is 1.92. The molecule has 0 heterocycles. The number of rotatable bonds is 6. The van der Waals surface area contributed by atoms with E-state index in [9.17, 15) is 14.9 Å². The van der Waals surface area contributed by atoms with Gasteiger partial charge in [0.15, 0.2) is 0 Å². The molecule has 102 valence electrons. The second kappa shape index (κ2) is 6.14. The van der Waals surface area contributed by atoms with Crippen LogP contribution in [0, 0.1) is 16.0 Å². The zero-order chi connectivity index (χ0) is 13.8. The number of nitro groups is 1. The van der Waals surface area contributed by atoms with Crippen molar-refractivity contribution in [3.05, 3.63) is 38.3 Å². The van der Waals surface area contributed by atoms with Crippen LogP contribution in [-0.4, -0.2) is 17.4 Å². The van der Waals surface area contributed by atoms with Crippen molar-refractivity contribution in [3.63, 3.8) is 0 Å². The van der Waals surface area contributed by atoms with Gasteiger partial charge < -0.3 is 5.32 Å². The Morgan fingerprint density at radius 3 is 2.84 bits per heavy atom. The summed E-state index contributed by atoms with van der Waals surface area (Å²) in [6.07, 6.45) is 4.73. The van der Waals surface area contributed by atoms with E-state index in [0.717, 1.165) is 18.8 Å². The van der Waals surface area contributed by atoms with Gasteiger partial charge in [-0.1, -0.05) is 12.8 Å². The first-order valence-electron chi connectivity index (χ1n) is 6.30. The van der Waals surface area contributed by atoms with E-state index in [1.807, 2.05) is 0 Å². The number of nitrogens with one attached hydrogen (secondary N) is 1. The summed E-state index contributed by atoms with van der Waals surface area (Å²) in [5.41, 5.74) is 0.229. The molecule has 5 nitrogen and oxygen atoms in total. The number of hydrogen-bond acceptors (Lipinski definition) is 3. The Hall–Kier alpha value is -1.43. The van der Waals surface area contributed by atoms with E-state index in [0.29, 0.717) is 16.6 Å². The van der Waals surface area contributed by atoms with Gasteiger partial charge in [0.2, 0.25) is 0 Å². The molecule has 1 aromatic rings. The van der Waals surface area contributed by atoms with Gasteiger partial charge in [-0.15, -0.1) is 0 Å². The molecule has 19 heavy (non-hydrogen) atoms. The highest BCUT2D eigenvalue weighted by Gasteiger charge is 2.20. The summed E-state index contributed by atoms with van der Waals surface area (Å²) in [5.74, 6) is 0.577. The van der Waals surface area contributed by atoms with Gasteiger partial charge in [0.25, 0.3) is 11.6 Å². The highest BCUT2D eigenvalue weighted by Crippen LogP contribution is 2.33. The predicted octanol–water partition coefficient (Wildman–Crippen LogP) is 3.28. The number of hydrogen-bond donors (Lipinski definition) is 1. The lowest BCUT2D eigenvalue weighted by atomic mass is 10.2. The Morgan fingerprint density at radius 1 is 1.47 bits per heavy atom. The molecule has 1 N–H and O–H groups in total. The molecule has 1 saturated carbocycles. The Morgan fingerprint density at radius 2 is 2.21 bits per heavy atom. The third-order valence-electron chi connectivity index (χ3n) is 3.18. The number of carbonyl (C=O) groups excluding carboxylic acids is 1. The molecule has 0 bridgehead atoms. The summed E-state index contributed by atoms with van der Waals surface area (Å²) in [6, 6.07) is 4.19. The van der Waals surface area contributed by atoms with Crippen LogP contribution in [-0.2, 0) is 0 Å². The second-order valence-electron chi connectivity index (χ2n) is 4.76. The van der Waals surface area contributed by atoms with Gasteiger partial charge in [-0.05, 0) is 40.8 Å². The zero-order valence-electron chi connectivity index (χ0n) is 10.4. The molecule has 0 spiro atoms. The van der Waals surface area contributed by atoms with Gasteiger partial charge in [0, 0.05) is 23.2 Å². The lowest BCUT2D eigenvalue weighted by Crippen LogP contribution is -2.25. The minimum Gasteiger partial charge on any atom is -0.352 e. The average molecular weight is 327 g/mol. The molecule has 1 aliphatic rings. The minimum absolute atomic E-state index is 0.0775. The van der Waals surface area contributed by atoms with Crippen LogP contribution in [0.2, 0.25) is 0 Å². The molecule has 2 rings (SSSR count). The minimum atomic E-state index is -0.504. The average Bonchev–Trinajstić information content (AvgIpc) is 3.18. The molecule has 0 aromatic heterocycles. The van der Waals surface area contributed by atoms with Crippen LogP contribution >= 0.6 is 15.9 Å². The van der Waals surface area contributed by atoms with E-state index in [4.69, 9.17) is 0 Å². The summed E-state index contributed by atoms with van der Waals surface area (Å²) in [6.45, 7) is 0.616. The van der Waals surface area contributed by atoms with Crippen LogP contribution in [0.5, 0.6) is 0 Å². The van der Waals surface area contributed by atoms with Crippen LogP contribution in [0.1, 0.15) is 36.0 Å². The van der Waals surface area contributed by atoms with Crippen molar-refractivity contribution in [3.8, 4) is 0 Å². The van der Waals surface area contributed by atoms with Gasteiger partial charge >= 0.3 is 0 Å². The van der Waals surface area contributed by atoms with Crippen molar-refractivity contribution in [2.75, 3.05) is 6.54 Å². The maximum absolute atomic E-state index is 11.9. The van der Waals surface area contributed by atoms with Gasteiger partial charge in [0.05, 0.1) is 10.5 Å². The molecular weight excluding hydrogens is 312 g/mol. The van der Waals surface area contributed by atoms with E-state index in [2.05, 4.69) is 21.2 Å². The molecule has 1 fully saturated rings. The molecular formula is C13H15BrN2O3. The highest BCUT2D eigenvalue weighted by molar-refractivity contribution is 9.10. The lowest BCUT2D eigenvalue weighted by Gasteiger charge is -2.06. The molecule has 6 heteroatoms. The van der Waals surface area contributed by atoms with E-state index in [1.165, 1.54) is 31.0 Å². The summed E-state index contributed by atoms with van der Waals surface area (Å²) in [5, 5.41) is 13.5. The maximum Gasteiger partial charge on any atom is 0.270 e. The highest BCUT2D eigenvalue weighted by atomic mass is 79.9. The Bertz CT molecular complexity index is 501. The van der Waals surface area contributed by atoms with Crippen LogP contribution in [0.3, 0.4) is 0 Å². The molecule has 0 radical (unpaired) electrons. The van der Waals surface area contributed by atoms with Gasteiger partial charge in [-0.25, -0.2) is 0 Å². The Labute approximate surface area is 119 Å². The number of nitro benzene ring substituents is 1. The monoisotopic (exact) mass is 326 g/mol. The quantitative estimate of drug-likeness (QED) is 0.495. The first kappa shape index (κ1) is 14.0. The molecule has 1 amide bonds. The lowest BCUT2D eigenvalue weighted by molar-refractivity contribution is -0.384. The molecule has 1 aromatic carbocycles. The largest absolute Gasteiger partial charge is 0.352 e. The van der Waals surface area contributed by atoms with Crippen molar-refractivity contribution in [1.29, 1.82) is 0 Å². The number of benzene rings is 1. The predicted molar refractivity (Wildman–Crippen MR) is 75.1 cm³/mol. The first-order valence-corrected chi connectivity index (χ1v) is 7.09. The third kappa shape index (κ3) is 4.02. The zero-order valence-corrected chi connectivity index (χ0v) is 12.0. The smallest absolute Gasteiger partial charge is 0.270 e. The number of nitrogens with zero attached hydrogens (tertiary/aromatic N) is 1. The van der Waals surface area contributed by atoms with Crippen molar-refractivity contribution in [2.24, 2.45) is 5.92 Å². The van der Waals surface area contributed by atoms with Crippen LogP contribution < -0.4 is 5.32 Å². The fourth-order valence-corrected chi connectivity index (χ4v) is 2.32. The van der Waals surface area contributed by atoms with Crippen molar-refractivity contribution in [1.82, 2.24) is 5.32 Å². The first-order chi connectivity index (χ1) is 9.08. The van der Waals surface area contributed by atoms with Gasteiger partial charge in [-0.2, -0.15) is 0 Å². The fourth-order valence-electron chi connectivity index (χ4n) is 1.90. The number of non-ortho nitro benzene ring substituents is 1. The second-order valence-corrected chi connectivity index (χ2v) is 5.62. The molecule has 0 aliphatic heterocycles. The van der Waals surface area contributed by atoms with Crippen molar-refractivity contribution in [2.45, 2.75) is 25.7 Å². The molecule has 0 unspecified atom stereocenters. The van der Waals surface area contributed by atoms with Crippen LogP contribution in [0.25, 0.3) is 0 Å². The molecule has 0 atom stereocenters. The number of carbonyl (C=O) groups is 1. The standard InChI is InChI=1S/C13H15BrN2O3/c14-12-6-5-10(16(18)19)8-11(12)13(17)15-7-1-2-9-3-4-9/h5-6,8-9H,1-4,7H2,(H,15,17). The number of halogens is 1. The number of amides is 1. The van der Waals surface area contributed by atoms with Crippen molar-refractivity contribution >= 4 is 27.5 Å². The Kier molecular flexibility index (Phi) is 4.52. The van der Waals surface area contributed by atoms with E-state index >= 15 is 0 Å². The van der Waals surface area contributed by atoms with Gasteiger partial charge in [0.1, 0.15) is 0 Å². The molecule has 0 saturated heterocycles. The fraction of sp³-hybridized carbons (Fsp3) is 0.462. The normalized spacial score (nSPS) is 14.2. The third-order valence-corrected chi connectivity index (χ3v) is 3.87. The van der Waals surface area contributed by atoms with E-state index < -0.39 is 4.92 Å². The topological polar surface area (TPSA) is 72.2 Å². The van der Waals surface area contributed by atoms with E-state index in [1.54, 1.807) is 0 Å². The van der Waals surface area contributed by atoms with Crippen LogP contribution in [0.15, 0.2) is 22.7 Å². The summed E-state index contributed by atoms with van der Waals surface area (Å²) in [7, 11) is 0. The summed E-state index contributed by atoms with van der Waals surface area (Å²) >= 11 is 3.24.